The number of carboxylic acids is 1. The molecule has 7 nitrogen and oxygen atoms in total. The lowest BCUT2D eigenvalue weighted by Crippen LogP contribution is -2.33. The Bertz CT molecular complexity index is 559. The summed E-state index contributed by atoms with van der Waals surface area (Å²) in [5.74, 6) is -1.04. The fraction of sp³-hybridized carbons (Fsp3) is 0.500. The molecule has 1 aromatic heterocycles. The molecule has 1 aromatic rings. The summed E-state index contributed by atoms with van der Waals surface area (Å²) in [6.45, 7) is 1.57. The number of H-pyrrole nitrogens is 1. The molecule has 0 saturated carbocycles. The quantitative estimate of drug-likeness (QED) is 0.732. The molecule has 0 spiro atoms. The third kappa shape index (κ3) is 2.14. The van der Waals surface area contributed by atoms with Gasteiger partial charge >= 0.3 is 11.7 Å². The van der Waals surface area contributed by atoms with Gasteiger partial charge in [0.15, 0.2) is 6.10 Å². The van der Waals surface area contributed by atoms with Crippen LogP contribution in [0.3, 0.4) is 0 Å². The summed E-state index contributed by atoms with van der Waals surface area (Å²) < 4.78 is 6.45. The van der Waals surface area contributed by atoms with Crippen LogP contribution in [0.2, 0.25) is 0 Å². The maximum absolute atomic E-state index is 11.5. The molecule has 1 fully saturated rings. The number of carbonyl (C=O) groups is 1. The van der Waals surface area contributed by atoms with Gasteiger partial charge in [-0.15, -0.1) is 0 Å². The number of nitrogens with zero attached hydrogens (tertiary/aromatic N) is 1. The highest BCUT2D eigenvalue weighted by Gasteiger charge is 2.32. The van der Waals surface area contributed by atoms with Crippen LogP contribution in [0.5, 0.6) is 0 Å². The standard InChI is InChI=1S/C10H12N2O5/c1-5-4-12(10(16)11-8(5)13)7-3-2-6(17-7)9(14)15/h4,6-7H,2-3H2,1H3,(H,14,15)(H,11,13,16)/t6-,7+/m1/s1. The minimum Gasteiger partial charge on any atom is -0.479 e. The molecule has 0 bridgehead atoms. The van der Waals surface area contributed by atoms with Gasteiger partial charge < -0.3 is 9.84 Å². The van der Waals surface area contributed by atoms with Crippen molar-refractivity contribution in [3.8, 4) is 0 Å². The monoisotopic (exact) mass is 240 g/mol. The number of aliphatic carboxylic acids is 1. The van der Waals surface area contributed by atoms with Crippen molar-refractivity contribution in [2.45, 2.75) is 32.1 Å². The van der Waals surface area contributed by atoms with E-state index < -0.39 is 29.6 Å². The van der Waals surface area contributed by atoms with Crippen LogP contribution >= 0.6 is 0 Å². The van der Waals surface area contributed by atoms with E-state index in [4.69, 9.17) is 9.84 Å². The average molecular weight is 240 g/mol. The highest BCUT2D eigenvalue weighted by atomic mass is 16.5. The van der Waals surface area contributed by atoms with Gasteiger partial charge in [0.25, 0.3) is 5.56 Å². The summed E-state index contributed by atoms with van der Waals surface area (Å²) >= 11 is 0. The van der Waals surface area contributed by atoms with Crippen molar-refractivity contribution in [1.82, 2.24) is 9.55 Å². The Morgan fingerprint density at radius 2 is 2.24 bits per heavy atom. The van der Waals surface area contributed by atoms with Gasteiger partial charge in [0.2, 0.25) is 0 Å². The molecule has 0 aromatic carbocycles. The minimum absolute atomic E-state index is 0.352. The zero-order valence-electron chi connectivity index (χ0n) is 9.17. The van der Waals surface area contributed by atoms with Gasteiger partial charge in [0, 0.05) is 11.8 Å². The predicted octanol–water partition coefficient (Wildman–Crippen LogP) is -0.393. The minimum atomic E-state index is -1.04. The van der Waals surface area contributed by atoms with Crippen molar-refractivity contribution in [2.24, 2.45) is 0 Å². The second-order valence-corrected chi connectivity index (χ2v) is 3.97. The molecule has 1 aliphatic rings. The Morgan fingerprint density at radius 1 is 1.53 bits per heavy atom. The van der Waals surface area contributed by atoms with Gasteiger partial charge in [0.1, 0.15) is 6.23 Å². The summed E-state index contributed by atoms with van der Waals surface area (Å²) in [7, 11) is 0. The van der Waals surface area contributed by atoms with Crippen LogP contribution < -0.4 is 11.2 Å². The lowest BCUT2D eigenvalue weighted by Gasteiger charge is -2.14. The second-order valence-electron chi connectivity index (χ2n) is 3.97. The normalized spacial score (nSPS) is 23.8. The third-order valence-electron chi connectivity index (χ3n) is 2.73. The van der Waals surface area contributed by atoms with Crippen molar-refractivity contribution in [3.63, 3.8) is 0 Å². The maximum atomic E-state index is 11.5. The summed E-state index contributed by atoms with van der Waals surface area (Å²) in [6.07, 6.45) is 0.654. The van der Waals surface area contributed by atoms with E-state index in [0.29, 0.717) is 18.4 Å². The van der Waals surface area contributed by atoms with E-state index in [-0.39, 0.29) is 0 Å². The van der Waals surface area contributed by atoms with Crippen LogP contribution in [0.15, 0.2) is 15.8 Å². The Kier molecular flexibility index (Phi) is 2.84. The molecule has 92 valence electrons. The predicted molar refractivity (Wildman–Crippen MR) is 56.8 cm³/mol. The van der Waals surface area contributed by atoms with Crippen molar-refractivity contribution in [3.05, 3.63) is 32.6 Å². The van der Waals surface area contributed by atoms with Crippen molar-refractivity contribution in [1.29, 1.82) is 0 Å². The van der Waals surface area contributed by atoms with Crippen LogP contribution in [0.4, 0.5) is 0 Å². The van der Waals surface area contributed by atoms with Crippen LogP contribution in [-0.4, -0.2) is 26.7 Å². The number of hydrogen-bond donors (Lipinski definition) is 2. The van der Waals surface area contributed by atoms with Crippen molar-refractivity contribution < 1.29 is 14.6 Å². The molecular weight excluding hydrogens is 228 g/mol. The number of rotatable bonds is 2. The number of nitrogens with one attached hydrogen (secondary N) is 1. The Hall–Kier alpha value is -1.89. The molecule has 0 radical (unpaired) electrons. The summed E-state index contributed by atoms with van der Waals surface area (Å²) in [5, 5.41) is 8.78. The lowest BCUT2D eigenvalue weighted by atomic mass is 10.2. The SMILES string of the molecule is Cc1cn([C@@H]2CC[C@H](C(=O)O)O2)c(=O)[nH]c1=O. The lowest BCUT2D eigenvalue weighted by molar-refractivity contribution is -0.151. The summed E-state index contributed by atoms with van der Waals surface area (Å²) in [6, 6.07) is 0. The van der Waals surface area contributed by atoms with Gasteiger partial charge in [0.05, 0.1) is 0 Å². The molecule has 0 unspecified atom stereocenters. The largest absolute Gasteiger partial charge is 0.479 e. The van der Waals surface area contributed by atoms with Gasteiger partial charge in [-0.1, -0.05) is 0 Å². The molecule has 2 atom stereocenters. The topological polar surface area (TPSA) is 101 Å². The fourth-order valence-corrected chi connectivity index (χ4v) is 1.81. The molecule has 7 heteroatoms. The molecular formula is C10H12N2O5. The summed E-state index contributed by atoms with van der Waals surface area (Å²) in [5.41, 5.74) is -0.650. The van der Waals surface area contributed by atoms with Crippen molar-refractivity contribution in [2.75, 3.05) is 0 Å². The number of aromatic nitrogens is 2. The van der Waals surface area contributed by atoms with E-state index in [0.717, 1.165) is 0 Å². The van der Waals surface area contributed by atoms with Gasteiger partial charge in [-0.3, -0.25) is 14.3 Å². The van der Waals surface area contributed by atoms with E-state index in [2.05, 4.69) is 4.98 Å². The molecule has 0 amide bonds. The molecule has 2 rings (SSSR count). The number of ether oxygens (including phenoxy) is 1. The van der Waals surface area contributed by atoms with Gasteiger partial charge in [-0.25, -0.2) is 9.59 Å². The Labute approximate surface area is 95.7 Å². The van der Waals surface area contributed by atoms with E-state index in [1.54, 1.807) is 6.92 Å². The number of aromatic amines is 1. The third-order valence-corrected chi connectivity index (χ3v) is 2.73. The highest BCUT2D eigenvalue weighted by molar-refractivity contribution is 5.72. The zero-order chi connectivity index (χ0) is 12.6. The fourth-order valence-electron chi connectivity index (χ4n) is 1.81. The Balaban J connectivity index is 2.31. The number of hydrogen-bond acceptors (Lipinski definition) is 4. The van der Waals surface area contributed by atoms with Gasteiger partial charge in [-0.2, -0.15) is 0 Å². The first-order valence-corrected chi connectivity index (χ1v) is 5.19. The first kappa shape index (κ1) is 11.6. The van der Waals surface area contributed by atoms with Crippen LogP contribution in [0.25, 0.3) is 0 Å². The molecule has 2 heterocycles. The van der Waals surface area contributed by atoms with E-state index in [9.17, 15) is 14.4 Å². The van der Waals surface area contributed by atoms with E-state index in [1.807, 2.05) is 0 Å². The number of aryl methyl sites for hydroxylation is 1. The molecule has 2 N–H and O–H groups in total. The first-order chi connectivity index (χ1) is 7.99. The zero-order valence-corrected chi connectivity index (χ0v) is 9.17. The van der Waals surface area contributed by atoms with E-state index in [1.165, 1.54) is 10.8 Å². The van der Waals surface area contributed by atoms with E-state index >= 15 is 0 Å². The van der Waals surface area contributed by atoms with Gasteiger partial charge in [-0.05, 0) is 19.8 Å². The summed E-state index contributed by atoms with van der Waals surface area (Å²) in [4.78, 5) is 35.6. The molecule has 17 heavy (non-hydrogen) atoms. The second kappa shape index (κ2) is 4.17. The van der Waals surface area contributed by atoms with Crippen LogP contribution in [0, 0.1) is 6.92 Å². The molecule has 1 saturated heterocycles. The maximum Gasteiger partial charge on any atom is 0.332 e. The average Bonchev–Trinajstić information content (AvgIpc) is 2.72. The molecule has 1 aliphatic heterocycles. The van der Waals surface area contributed by atoms with Crippen molar-refractivity contribution >= 4 is 5.97 Å². The Morgan fingerprint density at radius 3 is 2.82 bits per heavy atom. The highest BCUT2D eigenvalue weighted by Crippen LogP contribution is 2.26. The number of carboxylic acid groups (broad SMARTS) is 1. The smallest absolute Gasteiger partial charge is 0.332 e. The van der Waals surface area contributed by atoms with Crippen LogP contribution in [0.1, 0.15) is 24.6 Å². The van der Waals surface area contributed by atoms with Crippen LogP contribution in [-0.2, 0) is 9.53 Å². The first-order valence-electron chi connectivity index (χ1n) is 5.19. The molecule has 0 aliphatic carbocycles.